The van der Waals surface area contributed by atoms with Gasteiger partial charge in [-0.1, -0.05) is 6.92 Å². The monoisotopic (exact) mass is 220 g/mol. The minimum Gasteiger partial charge on any atom is -0.315 e. The molecule has 0 radical (unpaired) electrons. The van der Waals surface area contributed by atoms with Crippen LogP contribution in [0.25, 0.3) is 0 Å². The molecule has 2 heterocycles. The maximum atomic E-state index is 11.7. The van der Waals surface area contributed by atoms with E-state index in [-0.39, 0.29) is 11.1 Å². The van der Waals surface area contributed by atoms with Crippen LogP contribution in [0.4, 0.5) is 0 Å². The number of carbonyl (C=O) groups excluding carboxylic acids is 1. The Morgan fingerprint density at radius 2 is 2.25 bits per heavy atom. The Hall–Kier alpha value is -1.42. The number of fused-ring (bicyclic) bond motifs is 1. The fourth-order valence-electron chi connectivity index (χ4n) is 2.27. The number of carbonyl (C=O) groups is 1. The topological polar surface area (TPSA) is 42.3 Å². The molecule has 0 N–H and O–H groups in total. The minimum atomic E-state index is -0.182. The molecule has 0 atom stereocenters. The number of nitrogens with zero attached hydrogens (tertiary/aromatic N) is 2. The lowest BCUT2D eigenvalue weighted by Gasteiger charge is -2.28. The predicted octanol–water partition coefficient (Wildman–Crippen LogP) is 0.576. The molecule has 0 aromatic carbocycles. The fraction of sp³-hybridized carbons (Fsp3) is 0.500. The Bertz CT molecular complexity index is 477. The van der Waals surface area contributed by atoms with Gasteiger partial charge in [0.25, 0.3) is 5.56 Å². The van der Waals surface area contributed by atoms with Crippen LogP contribution in [-0.2, 0) is 20.0 Å². The molecule has 1 aromatic heterocycles. The van der Waals surface area contributed by atoms with Gasteiger partial charge in [0.15, 0.2) is 6.29 Å². The number of aromatic nitrogens is 1. The van der Waals surface area contributed by atoms with Gasteiger partial charge in [0.2, 0.25) is 0 Å². The van der Waals surface area contributed by atoms with Gasteiger partial charge in [0.05, 0.1) is 5.56 Å². The molecule has 1 aliphatic rings. The summed E-state index contributed by atoms with van der Waals surface area (Å²) in [6.45, 7) is 4.93. The second-order valence-corrected chi connectivity index (χ2v) is 4.17. The summed E-state index contributed by atoms with van der Waals surface area (Å²) < 4.78 is 1.62. The van der Waals surface area contributed by atoms with E-state index in [1.54, 1.807) is 17.7 Å². The lowest BCUT2D eigenvalue weighted by molar-refractivity contribution is 0.112. The molecule has 4 heteroatoms. The van der Waals surface area contributed by atoms with E-state index in [0.717, 1.165) is 37.3 Å². The zero-order valence-electron chi connectivity index (χ0n) is 9.69. The van der Waals surface area contributed by atoms with Gasteiger partial charge < -0.3 is 4.57 Å². The van der Waals surface area contributed by atoms with Gasteiger partial charge in [-0.2, -0.15) is 0 Å². The van der Waals surface area contributed by atoms with Gasteiger partial charge in [0.1, 0.15) is 0 Å². The number of pyridine rings is 1. The van der Waals surface area contributed by atoms with Crippen molar-refractivity contribution >= 4 is 6.29 Å². The van der Waals surface area contributed by atoms with Crippen molar-refractivity contribution < 1.29 is 4.79 Å². The van der Waals surface area contributed by atoms with Crippen LogP contribution >= 0.6 is 0 Å². The van der Waals surface area contributed by atoms with Crippen LogP contribution in [0.2, 0.25) is 0 Å². The van der Waals surface area contributed by atoms with Crippen molar-refractivity contribution in [3.05, 3.63) is 33.2 Å². The smallest absolute Gasteiger partial charge is 0.261 e. The Morgan fingerprint density at radius 1 is 1.50 bits per heavy atom. The molecular weight excluding hydrogens is 204 g/mol. The summed E-state index contributed by atoms with van der Waals surface area (Å²) in [5, 5.41) is 0. The summed E-state index contributed by atoms with van der Waals surface area (Å²) in [6, 6.07) is 1.74. The van der Waals surface area contributed by atoms with E-state index in [0.29, 0.717) is 6.29 Å². The molecule has 86 valence electrons. The summed E-state index contributed by atoms with van der Waals surface area (Å²) in [7, 11) is 1.75. The maximum Gasteiger partial charge on any atom is 0.261 e. The third-order valence-electron chi connectivity index (χ3n) is 3.29. The van der Waals surface area contributed by atoms with E-state index in [2.05, 4.69) is 11.8 Å². The predicted molar refractivity (Wildman–Crippen MR) is 61.7 cm³/mol. The van der Waals surface area contributed by atoms with Crippen molar-refractivity contribution in [3.8, 4) is 0 Å². The number of hydrogen-bond donors (Lipinski definition) is 0. The zero-order chi connectivity index (χ0) is 11.7. The highest BCUT2D eigenvalue weighted by molar-refractivity contribution is 5.74. The third kappa shape index (κ3) is 1.69. The Morgan fingerprint density at radius 3 is 2.88 bits per heavy atom. The number of aldehydes is 1. The minimum absolute atomic E-state index is 0.182. The summed E-state index contributed by atoms with van der Waals surface area (Å²) in [4.78, 5) is 24.8. The maximum absolute atomic E-state index is 11.7. The molecule has 2 rings (SSSR count). The van der Waals surface area contributed by atoms with Crippen LogP contribution in [0.3, 0.4) is 0 Å². The van der Waals surface area contributed by atoms with E-state index in [1.165, 1.54) is 0 Å². The van der Waals surface area contributed by atoms with E-state index >= 15 is 0 Å². The Kier molecular flexibility index (Phi) is 2.92. The van der Waals surface area contributed by atoms with Gasteiger partial charge in [0, 0.05) is 32.3 Å². The van der Waals surface area contributed by atoms with Crippen molar-refractivity contribution in [1.82, 2.24) is 9.47 Å². The Balaban J connectivity index is 2.53. The second-order valence-electron chi connectivity index (χ2n) is 4.17. The summed E-state index contributed by atoms with van der Waals surface area (Å²) >= 11 is 0. The standard InChI is InChI=1S/C12H16N2O2/c1-3-14-5-4-11-9(7-14)6-10(8-15)12(16)13(11)2/h6,8H,3-5,7H2,1-2H3. The van der Waals surface area contributed by atoms with E-state index in [1.807, 2.05) is 0 Å². The molecule has 1 aromatic rings. The molecule has 0 bridgehead atoms. The van der Waals surface area contributed by atoms with Crippen molar-refractivity contribution in [2.45, 2.75) is 19.9 Å². The van der Waals surface area contributed by atoms with Crippen molar-refractivity contribution in [1.29, 1.82) is 0 Å². The first kappa shape index (κ1) is 11.1. The van der Waals surface area contributed by atoms with E-state index < -0.39 is 0 Å². The van der Waals surface area contributed by atoms with Gasteiger partial charge in [-0.25, -0.2) is 0 Å². The molecule has 1 aliphatic heterocycles. The van der Waals surface area contributed by atoms with Gasteiger partial charge in [-0.15, -0.1) is 0 Å². The Labute approximate surface area is 94.5 Å². The largest absolute Gasteiger partial charge is 0.315 e. The molecule has 0 amide bonds. The van der Waals surface area contributed by atoms with Gasteiger partial charge >= 0.3 is 0 Å². The SMILES string of the molecule is CCN1CCc2c(cc(C=O)c(=O)n2C)C1. The van der Waals surface area contributed by atoms with Gasteiger partial charge in [-0.3, -0.25) is 14.5 Å². The fourth-order valence-corrected chi connectivity index (χ4v) is 2.27. The first-order chi connectivity index (χ1) is 7.67. The molecule has 0 unspecified atom stereocenters. The van der Waals surface area contributed by atoms with Crippen molar-refractivity contribution in [2.75, 3.05) is 13.1 Å². The van der Waals surface area contributed by atoms with Crippen LogP contribution in [-0.4, -0.2) is 28.8 Å². The summed E-state index contributed by atoms with van der Waals surface area (Å²) in [6.07, 6.45) is 1.53. The van der Waals surface area contributed by atoms with Gasteiger partial charge in [-0.05, 0) is 18.2 Å². The highest BCUT2D eigenvalue weighted by Crippen LogP contribution is 2.17. The van der Waals surface area contributed by atoms with Crippen LogP contribution in [0.1, 0.15) is 28.5 Å². The molecule has 0 spiro atoms. The molecule has 16 heavy (non-hydrogen) atoms. The van der Waals surface area contributed by atoms with Crippen LogP contribution in [0.15, 0.2) is 10.9 Å². The van der Waals surface area contributed by atoms with Crippen LogP contribution in [0, 0.1) is 0 Å². The van der Waals surface area contributed by atoms with Crippen molar-refractivity contribution in [2.24, 2.45) is 7.05 Å². The molecular formula is C12H16N2O2. The average Bonchev–Trinajstić information content (AvgIpc) is 2.33. The quantitative estimate of drug-likeness (QED) is 0.684. The first-order valence-corrected chi connectivity index (χ1v) is 5.56. The lowest BCUT2D eigenvalue weighted by Crippen LogP contribution is -2.35. The number of hydrogen-bond acceptors (Lipinski definition) is 3. The van der Waals surface area contributed by atoms with E-state index in [9.17, 15) is 9.59 Å². The number of rotatable bonds is 2. The summed E-state index contributed by atoms with van der Waals surface area (Å²) in [5.41, 5.74) is 2.26. The molecule has 0 fully saturated rings. The normalized spacial score (nSPS) is 15.9. The first-order valence-electron chi connectivity index (χ1n) is 5.56. The summed E-state index contributed by atoms with van der Waals surface area (Å²) in [5.74, 6) is 0. The third-order valence-corrected chi connectivity index (χ3v) is 3.29. The van der Waals surface area contributed by atoms with Crippen LogP contribution < -0.4 is 5.56 Å². The molecule has 0 aliphatic carbocycles. The van der Waals surface area contributed by atoms with Crippen molar-refractivity contribution in [3.63, 3.8) is 0 Å². The second kappa shape index (κ2) is 4.22. The highest BCUT2D eigenvalue weighted by Gasteiger charge is 2.19. The highest BCUT2D eigenvalue weighted by atomic mass is 16.1. The zero-order valence-corrected chi connectivity index (χ0v) is 9.69. The van der Waals surface area contributed by atoms with Crippen LogP contribution in [0.5, 0.6) is 0 Å². The number of likely N-dealkylation sites (N-methyl/N-ethyl adjacent to an activating group) is 1. The molecule has 0 saturated carbocycles. The average molecular weight is 220 g/mol. The molecule has 4 nitrogen and oxygen atoms in total. The molecule has 0 saturated heterocycles. The lowest BCUT2D eigenvalue weighted by atomic mass is 10.0. The van der Waals surface area contributed by atoms with E-state index in [4.69, 9.17) is 0 Å².